The Morgan fingerprint density at radius 3 is 2.05 bits per heavy atom. The smallest absolute Gasteiger partial charge is 0.396 e. The highest BCUT2D eigenvalue weighted by molar-refractivity contribution is 6.75. The Kier molecular flexibility index (Phi) is 8.14. The highest BCUT2D eigenvalue weighted by Gasteiger charge is 2.40. The summed E-state index contributed by atoms with van der Waals surface area (Å²) in [4.78, 5) is 0. The van der Waals surface area contributed by atoms with Crippen LogP contribution in [0, 0.1) is 5.92 Å². The maximum absolute atomic E-state index is 9.19. The Hall–Kier alpha value is -0.723. The number of hydrogen-bond donors (Lipinski definition) is 1. The summed E-state index contributed by atoms with van der Waals surface area (Å²) in [5.41, 5.74) is 1.29. The fraction of sp³-hybridized carbons (Fsp3) is 0.625. The van der Waals surface area contributed by atoms with Gasteiger partial charge in [0.2, 0.25) is 0 Å². The molecule has 0 aliphatic rings. The van der Waals surface area contributed by atoms with Crippen LogP contribution < -0.4 is 5.19 Å². The number of hydrogen-bond acceptors (Lipinski definition) is 4. The van der Waals surface area contributed by atoms with Crippen LogP contribution in [0.1, 0.15) is 31.7 Å². The average Bonchev–Trinajstić information content (AvgIpc) is 2.55. The third-order valence-corrected chi connectivity index (χ3v) is 6.68. The number of benzene rings is 1. The Morgan fingerprint density at radius 2 is 1.62 bits per heavy atom. The van der Waals surface area contributed by atoms with Crippen molar-refractivity contribution in [2.75, 3.05) is 27.9 Å². The second-order valence-electron chi connectivity index (χ2n) is 5.21. The Labute approximate surface area is 129 Å². The van der Waals surface area contributed by atoms with E-state index in [0.29, 0.717) is 12.5 Å². The molecule has 0 radical (unpaired) electrons. The topological polar surface area (TPSA) is 47.9 Å². The maximum atomic E-state index is 9.19. The van der Waals surface area contributed by atoms with Gasteiger partial charge in [0.1, 0.15) is 0 Å². The van der Waals surface area contributed by atoms with Gasteiger partial charge in [0.05, 0.1) is 0 Å². The molecule has 0 saturated carbocycles. The van der Waals surface area contributed by atoms with Gasteiger partial charge >= 0.3 is 8.80 Å². The van der Waals surface area contributed by atoms with E-state index in [9.17, 15) is 5.11 Å². The predicted octanol–water partition coefficient (Wildman–Crippen LogP) is 2.11. The van der Waals surface area contributed by atoms with Crippen LogP contribution in [0.5, 0.6) is 0 Å². The Morgan fingerprint density at radius 1 is 1.05 bits per heavy atom. The SMILES string of the molecule is CCC(CO)CCCc1ccc([Si](OC)(OC)OC)cc1. The Balaban J connectivity index is 2.61. The fourth-order valence-corrected chi connectivity index (χ4v) is 4.28. The normalized spacial score (nSPS) is 13.4. The van der Waals surface area contributed by atoms with Crippen molar-refractivity contribution in [2.24, 2.45) is 5.92 Å². The van der Waals surface area contributed by atoms with Gasteiger partial charge in [0.15, 0.2) is 0 Å². The van der Waals surface area contributed by atoms with Crippen molar-refractivity contribution in [3.8, 4) is 0 Å². The average molecular weight is 312 g/mol. The van der Waals surface area contributed by atoms with Gasteiger partial charge in [-0.15, -0.1) is 0 Å². The van der Waals surface area contributed by atoms with Gasteiger partial charge in [-0.1, -0.05) is 37.6 Å². The van der Waals surface area contributed by atoms with Gasteiger partial charge in [-0.25, -0.2) is 0 Å². The molecule has 0 bridgehead atoms. The molecule has 0 aliphatic heterocycles. The summed E-state index contributed by atoms with van der Waals surface area (Å²) in [7, 11) is 2.14. The van der Waals surface area contributed by atoms with Crippen LogP contribution in [-0.2, 0) is 19.7 Å². The van der Waals surface area contributed by atoms with E-state index in [1.807, 2.05) is 12.1 Å². The number of rotatable bonds is 10. The molecule has 1 unspecified atom stereocenters. The minimum atomic E-state index is -2.71. The van der Waals surface area contributed by atoms with Crippen molar-refractivity contribution in [3.05, 3.63) is 29.8 Å². The molecule has 0 aliphatic carbocycles. The zero-order valence-corrected chi connectivity index (χ0v) is 14.6. The first-order valence-electron chi connectivity index (χ1n) is 7.51. The summed E-state index contributed by atoms with van der Waals surface area (Å²) < 4.78 is 16.4. The molecular weight excluding hydrogens is 284 g/mol. The molecule has 1 rings (SSSR count). The summed E-state index contributed by atoms with van der Waals surface area (Å²) in [6.45, 7) is 2.42. The molecule has 1 aromatic rings. The van der Waals surface area contributed by atoms with E-state index < -0.39 is 8.80 Å². The van der Waals surface area contributed by atoms with E-state index in [1.165, 1.54) is 5.56 Å². The molecule has 0 aromatic heterocycles. The molecule has 5 heteroatoms. The van der Waals surface area contributed by atoms with Crippen molar-refractivity contribution < 1.29 is 18.4 Å². The van der Waals surface area contributed by atoms with E-state index in [2.05, 4.69) is 19.1 Å². The summed E-state index contributed by atoms with van der Waals surface area (Å²) in [6.07, 6.45) is 4.23. The molecule has 1 aromatic carbocycles. The zero-order chi connectivity index (χ0) is 15.7. The van der Waals surface area contributed by atoms with Crippen molar-refractivity contribution in [2.45, 2.75) is 32.6 Å². The Bertz CT molecular complexity index is 378. The lowest BCUT2D eigenvalue weighted by Crippen LogP contribution is -2.54. The first-order chi connectivity index (χ1) is 10.2. The lowest BCUT2D eigenvalue weighted by atomic mass is 9.98. The predicted molar refractivity (Wildman–Crippen MR) is 86.7 cm³/mol. The van der Waals surface area contributed by atoms with E-state index in [1.54, 1.807) is 21.3 Å². The highest BCUT2D eigenvalue weighted by Crippen LogP contribution is 2.14. The van der Waals surface area contributed by atoms with Crippen LogP contribution in [0.25, 0.3) is 0 Å². The number of aliphatic hydroxyl groups is 1. The quantitative estimate of drug-likeness (QED) is 0.672. The molecule has 1 atom stereocenters. The van der Waals surface area contributed by atoms with Gasteiger partial charge in [-0.2, -0.15) is 0 Å². The fourth-order valence-electron chi connectivity index (χ4n) is 2.50. The minimum Gasteiger partial charge on any atom is -0.396 e. The summed E-state index contributed by atoms with van der Waals surface area (Å²) in [5.74, 6) is 0.430. The second kappa shape index (κ2) is 9.33. The van der Waals surface area contributed by atoms with Crippen LogP contribution in [0.15, 0.2) is 24.3 Å². The molecule has 21 heavy (non-hydrogen) atoms. The van der Waals surface area contributed by atoms with Crippen molar-refractivity contribution in [1.82, 2.24) is 0 Å². The van der Waals surface area contributed by atoms with E-state index in [0.717, 1.165) is 30.9 Å². The molecule has 0 amide bonds. The van der Waals surface area contributed by atoms with E-state index in [-0.39, 0.29) is 0 Å². The largest absolute Gasteiger partial charge is 0.536 e. The van der Waals surface area contributed by atoms with Gasteiger partial charge < -0.3 is 18.4 Å². The standard InChI is InChI=1S/C16H28O4Si/c1-5-14(13-17)7-6-8-15-9-11-16(12-10-15)21(18-2,19-3)20-4/h9-12,14,17H,5-8,13H2,1-4H3. The van der Waals surface area contributed by atoms with Crippen molar-refractivity contribution in [3.63, 3.8) is 0 Å². The first-order valence-corrected chi connectivity index (χ1v) is 9.23. The van der Waals surface area contributed by atoms with Crippen LogP contribution in [0.2, 0.25) is 0 Å². The lowest BCUT2D eigenvalue weighted by Gasteiger charge is -2.24. The van der Waals surface area contributed by atoms with Gasteiger partial charge in [-0.05, 0) is 30.7 Å². The summed E-state index contributed by atoms with van der Waals surface area (Å²) in [5, 5.41) is 10.2. The molecule has 0 fully saturated rings. The molecule has 0 spiro atoms. The lowest BCUT2D eigenvalue weighted by molar-refractivity contribution is 0.140. The number of aryl methyl sites for hydroxylation is 1. The first kappa shape index (κ1) is 18.3. The molecule has 0 heterocycles. The minimum absolute atomic E-state index is 0.291. The van der Waals surface area contributed by atoms with E-state index in [4.69, 9.17) is 13.3 Å². The summed E-state index contributed by atoms with van der Waals surface area (Å²) >= 11 is 0. The third kappa shape index (κ3) is 4.90. The second-order valence-corrected chi connectivity index (χ2v) is 8.13. The van der Waals surface area contributed by atoms with Crippen LogP contribution in [0.4, 0.5) is 0 Å². The van der Waals surface area contributed by atoms with Gasteiger partial charge in [0.25, 0.3) is 0 Å². The van der Waals surface area contributed by atoms with Gasteiger partial charge in [-0.3, -0.25) is 0 Å². The van der Waals surface area contributed by atoms with Crippen LogP contribution in [0.3, 0.4) is 0 Å². The molecule has 1 N–H and O–H groups in total. The monoisotopic (exact) mass is 312 g/mol. The summed E-state index contributed by atoms with van der Waals surface area (Å²) in [6, 6.07) is 8.27. The van der Waals surface area contributed by atoms with E-state index >= 15 is 0 Å². The molecule has 4 nitrogen and oxygen atoms in total. The molecule has 0 saturated heterocycles. The van der Waals surface area contributed by atoms with Gasteiger partial charge in [0, 0.05) is 33.1 Å². The van der Waals surface area contributed by atoms with Crippen LogP contribution in [-0.4, -0.2) is 41.8 Å². The zero-order valence-electron chi connectivity index (χ0n) is 13.6. The molecular formula is C16H28O4Si. The number of aliphatic hydroxyl groups excluding tert-OH is 1. The highest BCUT2D eigenvalue weighted by atomic mass is 28.4. The van der Waals surface area contributed by atoms with Crippen molar-refractivity contribution in [1.29, 1.82) is 0 Å². The molecule has 120 valence electrons. The van der Waals surface area contributed by atoms with Crippen LogP contribution >= 0.6 is 0 Å². The third-order valence-electron chi connectivity index (χ3n) is 4.03. The maximum Gasteiger partial charge on any atom is 0.536 e. The van der Waals surface area contributed by atoms with Crippen molar-refractivity contribution >= 4 is 14.0 Å².